The first-order chi connectivity index (χ1) is 12.0. The maximum Gasteiger partial charge on any atom is 0.265 e. The predicted octanol–water partition coefficient (Wildman–Crippen LogP) is 5.85. The number of ether oxygens (including phenoxy) is 1. The number of amides is 1. The summed E-state index contributed by atoms with van der Waals surface area (Å²) in [5.74, 6) is 0.675. The Bertz CT molecular complexity index is 887. The molecule has 0 spiro atoms. The molecule has 0 aliphatic carbocycles. The first-order valence-corrected chi connectivity index (χ1v) is 9.11. The van der Waals surface area contributed by atoms with Gasteiger partial charge in [-0.15, -0.1) is 11.3 Å². The number of hydrogen-bond donors (Lipinski definition) is 1. The van der Waals surface area contributed by atoms with Gasteiger partial charge in [-0.2, -0.15) is 0 Å². The zero-order valence-electron chi connectivity index (χ0n) is 14.0. The first kappa shape index (κ1) is 17.5. The number of hydrogen-bond acceptors (Lipinski definition) is 3. The summed E-state index contributed by atoms with van der Waals surface area (Å²) in [5.41, 5.74) is 3.86. The lowest BCUT2D eigenvalue weighted by atomic mass is 10.2. The van der Waals surface area contributed by atoms with Crippen LogP contribution >= 0.6 is 22.9 Å². The molecule has 3 aromatic rings. The molecule has 0 fully saturated rings. The van der Waals surface area contributed by atoms with E-state index in [1.165, 1.54) is 16.9 Å². The molecule has 1 N–H and O–H groups in total. The molecule has 0 unspecified atom stereocenters. The average Bonchev–Trinajstić information content (AvgIpc) is 3.07. The predicted molar refractivity (Wildman–Crippen MR) is 104 cm³/mol. The van der Waals surface area contributed by atoms with E-state index in [4.69, 9.17) is 16.3 Å². The van der Waals surface area contributed by atoms with Gasteiger partial charge in [0.2, 0.25) is 0 Å². The Labute approximate surface area is 156 Å². The third kappa shape index (κ3) is 4.62. The van der Waals surface area contributed by atoms with Crippen molar-refractivity contribution in [1.82, 2.24) is 0 Å². The van der Waals surface area contributed by atoms with Gasteiger partial charge in [0.15, 0.2) is 0 Å². The van der Waals surface area contributed by atoms with Crippen LogP contribution in [-0.2, 0) is 6.61 Å². The maximum atomic E-state index is 12.4. The Morgan fingerprint density at radius 1 is 1.12 bits per heavy atom. The Morgan fingerprint density at radius 2 is 1.88 bits per heavy atom. The first-order valence-electron chi connectivity index (χ1n) is 7.85. The number of halogens is 1. The standard InChI is InChI=1S/C20H18ClNO2S/c1-13-3-7-17(8-4-13)24-11-15-9-19(25-12-15)20(23)22-18-10-16(21)6-5-14(18)2/h3-10,12H,11H2,1-2H3,(H,22,23). The molecule has 0 saturated heterocycles. The van der Waals surface area contributed by atoms with Gasteiger partial charge in [0.25, 0.3) is 5.91 Å². The zero-order chi connectivity index (χ0) is 17.8. The second-order valence-electron chi connectivity index (χ2n) is 5.83. The highest BCUT2D eigenvalue weighted by atomic mass is 35.5. The van der Waals surface area contributed by atoms with Crippen molar-refractivity contribution < 1.29 is 9.53 Å². The summed E-state index contributed by atoms with van der Waals surface area (Å²) in [6.07, 6.45) is 0. The molecule has 0 aliphatic rings. The number of benzene rings is 2. The molecule has 0 radical (unpaired) electrons. The second kappa shape index (κ2) is 7.72. The molecular weight excluding hydrogens is 354 g/mol. The highest BCUT2D eigenvalue weighted by Crippen LogP contribution is 2.23. The quantitative estimate of drug-likeness (QED) is 0.610. The minimum Gasteiger partial charge on any atom is -0.489 e. The van der Waals surface area contributed by atoms with Gasteiger partial charge < -0.3 is 10.1 Å². The average molecular weight is 372 g/mol. The minimum absolute atomic E-state index is 0.142. The number of carbonyl (C=O) groups is 1. The molecule has 1 heterocycles. The molecule has 3 rings (SSSR count). The largest absolute Gasteiger partial charge is 0.489 e. The van der Waals surface area contributed by atoms with Crippen LogP contribution in [0.1, 0.15) is 26.4 Å². The summed E-state index contributed by atoms with van der Waals surface area (Å²) < 4.78 is 5.75. The fraction of sp³-hybridized carbons (Fsp3) is 0.150. The summed E-state index contributed by atoms with van der Waals surface area (Å²) >= 11 is 7.39. The van der Waals surface area contributed by atoms with Crippen LogP contribution in [-0.4, -0.2) is 5.91 Å². The van der Waals surface area contributed by atoms with Gasteiger partial charge in [0.1, 0.15) is 12.4 Å². The Morgan fingerprint density at radius 3 is 2.64 bits per heavy atom. The van der Waals surface area contributed by atoms with Gasteiger partial charge in [-0.3, -0.25) is 4.79 Å². The van der Waals surface area contributed by atoms with E-state index in [1.807, 2.05) is 55.6 Å². The molecule has 1 amide bonds. The van der Waals surface area contributed by atoms with Crippen molar-refractivity contribution >= 4 is 34.5 Å². The number of thiophene rings is 1. The molecule has 0 atom stereocenters. The van der Waals surface area contributed by atoms with Crippen molar-refractivity contribution in [3.63, 3.8) is 0 Å². The molecule has 3 nitrogen and oxygen atoms in total. The maximum absolute atomic E-state index is 12.4. The van der Waals surface area contributed by atoms with Gasteiger partial charge in [0, 0.05) is 16.3 Å². The van der Waals surface area contributed by atoms with Gasteiger partial charge >= 0.3 is 0 Å². The molecule has 128 valence electrons. The van der Waals surface area contributed by atoms with Crippen LogP contribution in [0.4, 0.5) is 5.69 Å². The Balaban J connectivity index is 1.63. The summed E-state index contributed by atoms with van der Waals surface area (Å²) in [4.78, 5) is 13.1. The van der Waals surface area contributed by atoms with Crippen molar-refractivity contribution in [2.75, 3.05) is 5.32 Å². The van der Waals surface area contributed by atoms with E-state index in [9.17, 15) is 4.79 Å². The van der Waals surface area contributed by atoms with Crippen LogP contribution in [0.2, 0.25) is 5.02 Å². The summed E-state index contributed by atoms with van der Waals surface area (Å²) in [6, 6.07) is 15.2. The van der Waals surface area contributed by atoms with Gasteiger partial charge in [-0.1, -0.05) is 35.4 Å². The van der Waals surface area contributed by atoms with Crippen molar-refractivity contribution in [2.45, 2.75) is 20.5 Å². The lowest BCUT2D eigenvalue weighted by Gasteiger charge is -2.07. The van der Waals surface area contributed by atoms with Crippen LogP contribution in [0.25, 0.3) is 0 Å². The third-order valence-electron chi connectivity index (χ3n) is 3.75. The normalized spacial score (nSPS) is 10.5. The molecule has 0 bridgehead atoms. The van der Waals surface area contributed by atoms with E-state index in [-0.39, 0.29) is 5.91 Å². The fourth-order valence-corrected chi connectivity index (χ4v) is 3.25. The minimum atomic E-state index is -0.142. The highest BCUT2D eigenvalue weighted by Gasteiger charge is 2.11. The molecule has 25 heavy (non-hydrogen) atoms. The lowest BCUT2D eigenvalue weighted by molar-refractivity contribution is 0.103. The van der Waals surface area contributed by atoms with Crippen molar-refractivity contribution in [1.29, 1.82) is 0 Å². The Kier molecular flexibility index (Phi) is 5.41. The summed E-state index contributed by atoms with van der Waals surface area (Å²) in [7, 11) is 0. The SMILES string of the molecule is Cc1ccc(OCc2csc(C(=O)Nc3cc(Cl)ccc3C)c2)cc1. The van der Waals surface area contributed by atoms with Gasteiger partial charge in [-0.25, -0.2) is 0 Å². The number of anilines is 1. The fourth-order valence-electron chi connectivity index (χ4n) is 2.28. The smallest absolute Gasteiger partial charge is 0.265 e. The van der Waals surface area contributed by atoms with E-state index >= 15 is 0 Å². The molecule has 2 aromatic carbocycles. The van der Waals surface area contributed by atoms with Gasteiger partial charge in [0.05, 0.1) is 4.88 Å². The third-order valence-corrected chi connectivity index (χ3v) is 4.96. The van der Waals surface area contributed by atoms with Crippen molar-refractivity contribution in [2.24, 2.45) is 0 Å². The van der Waals surface area contributed by atoms with Crippen LogP contribution in [0.5, 0.6) is 5.75 Å². The summed E-state index contributed by atoms with van der Waals surface area (Å²) in [5, 5.41) is 5.44. The number of rotatable bonds is 5. The number of aryl methyl sites for hydroxylation is 2. The van der Waals surface area contributed by atoms with E-state index in [2.05, 4.69) is 5.32 Å². The molecule has 0 saturated carbocycles. The van der Waals surface area contributed by atoms with Crippen LogP contribution < -0.4 is 10.1 Å². The zero-order valence-corrected chi connectivity index (χ0v) is 15.6. The number of carbonyl (C=O) groups excluding carboxylic acids is 1. The van der Waals surface area contributed by atoms with E-state index in [0.717, 1.165) is 22.6 Å². The van der Waals surface area contributed by atoms with Crippen LogP contribution in [0, 0.1) is 13.8 Å². The topological polar surface area (TPSA) is 38.3 Å². The lowest BCUT2D eigenvalue weighted by Crippen LogP contribution is -2.11. The molecular formula is C20H18ClNO2S. The summed E-state index contributed by atoms with van der Waals surface area (Å²) in [6.45, 7) is 4.40. The monoisotopic (exact) mass is 371 g/mol. The molecule has 5 heteroatoms. The van der Waals surface area contributed by atoms with Crippen LogP contribution in [0.3, 0.4) is 0 Å². The van der Waals surface area contributed by atoms with Gasteiger partial charge in [-0.05, 0) is 55.1 Å². The van der Waals surface area contributed by atoms with Crippen molar-refractivity contribution in [3.8, 4) is 5.75 Å². The second-order valence-corrected chi connectivity index (χ2v) is 7.18. The van der Waals surface area contributed by atoms with Crippen molar-refractivity contribution in [3.05, 3.63) is 80.5 Å². The molecule has 1 aromatic heterocycles. The van der Waals surface area contributed by atoms with Crippen LogP contribution in [0.15, 0.2) is 53.9 Å². The van der Waals surface area contributed by atoms with E-state index in [1.54, 1.807) is 12.1 Å². The molecule has 0 aliphatic heterocycles. The highest BCUT2D eigenvalue weighted by molar-refractivity contribution is 7.12. The van der Waals surface area contributed by atoms with E-state index < -0.39 is 0 Å². The van der Waals surface area contributed by atoms with E-state index in [0.29, 0.717) is 16.5 Å². The number of nitrogens with one attached hydrogen (secondary N) is 1. The Hall–Kier alpha value is -2.30.